The second kappa shape index (κ2) is 13.9. The first-order chi connectivity index (χ1) is 13.0. The fraction of sp³-hybridized carbons (Fsp3) is 0.700. The molecule has 0 atom stereocenters. The van der Waals surface area contributed by atoms with Gasteiger partial charge in [-0.25, -0.2) is 0 Å². The first-order valence-corrected chi connectivity index (χ1v) is 10.3. The van der Waals surface area contributed by atoms with Gasteiger partial charge in [0.2, 0.25) is 17.8 Å². The molecule has 0 saturated carbocycles. The Morgan fingerprint density at radius 1 is 0.852 bits per heavy atom. The predicted molar refractivity (Wildman–Crippen MR) is 109 cm³/mol. The van der Waals surface area contributed by atoms with Crippen LogP contribution in [-0.4, -0.2) is 21.8 Å². The quantitative estimate of drug-likeness (QED) is 0.418. The van der Waals surface area contributed by atoms with Crippen LogP contribution in [0.1, 0.15) is 90.9 Å². The van der Waals surface area contributed by atoms with Gasteiger partial charge in [0.25, 0.3) is 5.56 Å². The van der Waals surface area contributed by atoms with Crippen LogP contribution in [0.5, 0.6) is 0 Å². The third-order valence-electron chi connectivity index (χ3n) is 4.28. The highest BCUT2D eigenvalue weighted by atomic mass is 16.2. The zero-order valence-electron chi connectivity index (χ0n) is 16.7. The molecule has 1 aromatic heterocycles. The smallest absolute Gasteiger partial charge is 0.254 e. The number of H-pyrrole nitrogens is 1. The zero-order chi connectivity index (χ0) is 19.9. The molecule has 1 heterocycles. The average Bonchev–Trinajstić information content (AvgIpc) is 2.60. The van der Waals surface area contributed by atoms with Crippen LogP contribution in [0.15, 0.2) is 10.9 Å². The van der Waals surface area contributed by atoms with Crippen molar-refractivity contribution < 1.29 is 9.59 Å². The number of aromatic nitrogens is 2. The maximum Gasteiger partial charge on any atom is 0.254 e. The molecule has 3 N–H and O–H groups in total. The first kappa shape index (κ1) is 22.9. The van der Waals surface area contributed by atoms with Gasteiger partial charge >= 0.3 is 0 Å². The van der Waals surface area contributed by atoms with Crippen LogP contribution < -0.4 is 16.2 Å². The van der Waals surface area contributed by atoms with E-state index in [1.54, 1.807) is 0 Å². The molecular weight excluding hydrogens is 344 g/mol. The van der Waals surface area contributed by atoms with Gasteiger partial charge < -0.3 is 5.32 Å². The summed E-state index contributed by atoms with van der Waals surface area (Å²) in [6, 6.07) is 1.22. The summed E-state index contributed by atoms with van der Waals surface area (Å²) in [6.45, 7) is 4.29. The number of nitrogens with one attached hydrogen (secondary N) is 3. The molecule has 0 spiro atoms. The number of amides is 2. The Morgan fingerprint density at radius 2 is 1.37 bits per heavy atom. The van der Waals surface area contributed by atoms with Gasteiger partial charge in [0, 0.05) is 18.9 Å². The van der Waals surface area contributed by atoms with E-state index in [1.807, 2.05) is 0 Å². The molecule has 0 aliphatic carbocycles. The Morgan fingerprint density at radius 3 is 1.93 bits per heavy atom. The molecule has 0 aromatic carbocycles. The molecule has 2 amide bonds. The molecule has 0 radical (unpaired) electrons. The molecule has 1 rings (SSSR count). The Labute approximate surface area is 161 Å². The highest BCUT2D eigenvalue weighted by molar-refractivity contribution is 5.91. The summed E-state index contributed by atoms with van der Waals surface area (Å²) in [5.74, 6) is -0.123. The number of hydrogen-bond donors (Lipinski definition) is 3. The summed E-state index contributed by atoms with van der Waals surface area (Å²) in [6.07, 6.45) is 11.4. The Balaban J connectivity index is 2.43. The van der Waals surface area contributed by atoms with Gasteiger partial charge in [-0.2, -0.15) is 4.98 Å². The summed E-state index contributed by atoms with van der Waals surface area (Å²) in [5, 5.41) is 5.23. The molecule has 0 aliphatic rings. The predicted octanol–water partition coefficient (Wildman–Crippen LogP) is 4.37. The Bertz CT molecular complexity index is 579. The van der Waals surface area contributed by atoms with E-state index in [1.165, 1.54) is 18.9 Å². The van der Waals surface area contributed by atoms with Crippen molar-refractivity contribution in [2.45, 2.75) is 90.9 Å². The van der Waals surface area contributed by atoms with Gasteiger partial charge in [-0.05, 0) is 12.8 Å². The maximum absolute atomic E-state index is 12.0. The summed E-state index contributed by atoms with van der Waals surface area (Å²) < 4.78 is 0. The third kappa shape index (κ3) is 11.2. The summed E-state index contributed by atoms with van der Waals surface area (Å²) in [4.78, 5) is 42.3. The topological polar surface area (TPSA) is 104 Å². The van der Waals surface area contributed by atoms with Gasteiger partial charge in [0.05, 0.1) is 0 Å². The van der Waals surface area contributed by atoms with Gasteiger partial charge in [0.1, 0.15) is 5.82 Å². The van der Waals surface area contributed by atoms with Crippen LogP contribution >= 0.6 is 0 Å². The van der Waals surface area contributed by atoms with E-state index in [9.17, 15) is 14.4 Å². The van der Waals surface area contributed by atoms with Crippen molar-refractivity contribution in [2.75, 3.05) is 10.6 Å². The van der Waals surface area contributed by atoms with E-state index < -0.39 is 5.56 Å². The minimum absolute atomic E-state index is 0.0688. The van der Waals surface area contributed by atoms with Crippen LogP contribution in [-0.2, 0) is 9.59 Å². The highest BCUT2D eigenvalue weighted by Crippen LogP contribution is 2.09. The Hall–Kier alpha value is -2.18. The number of unbranched alkanes of at least 4 members (excludes halogenated alkanes) is 8. The van der Waals surface area contributed by atoms with Crippen LogP contribution in [0.4, 0.5) is 11.8 Å². The molecule has 0 fully saturated rings. The number of aromatic amines is 1. The summed E-state index contributed by atoms with van der Waals surface area (Å²) in [7, 11) is 0. The zero-order valence-corrected chi connectivity index (χ0v) is 16.7. The number of hydrogen-bond acceptors (Lipinski definition) is 4. The lowest BCUT2D eigenvalue weighted by molar-refractivity contribution is -0.117. The standard InChI is InChI=1S/C20H34N4O3/c1-3-5-7-9-11-13-17(25)21-16-15-19(27)24-20(22-16)23-18(26)14-12-10-8-6-4-2/h15H,3-14H2,1-2H3,(H3,21,22,23,24,25,26,27). The molecule has 152 valence electrons. The molecule has 1 aromatic rings. The fourth-order valence-corrected chi connectivity index (χ4v) is 2.76. The molecule has 7 nitrogen and oxygen atoms in total. The molecule has 7 heteroatoms. The number of carbonyl (C=O) groups is 2. The first-order valence-electron chi connectivity index (χ1n) is 10.3. The van der Waals surface area contributed by atoms with Gasteiger partial charge in [-0.3, -0.25) is 24.7 Å². The van der Waals surface area contributed by atoms with Crippen molar-refractivity contribution in [3.63, 3.8) is 0 Å². The minimum atomic E-state index is -0.415. The van der Waals surface area contributed by atoms with Crippen LogP contribution in [0.3, 0.4) is 0 Å². The van der Waals surface area contributed by atoms with Crippen LogP contribution in [0.25, 0.3) is 0 Å². The molecule has 27 heavy (non-hydrogen) atoms. The number of rotatable bonds is 14. The van der Waals surface area contributed by atoms with Crippen molar-refractivity contribution in [3.05, 3.63) is 16.4 Å². The van der Waals surface area contributed by atoms with E-state index in [-0.39, 0.29) is 23.6 Å². The maximum atomic E-state index is 12.0. The lowest BCUT2D eigenvalue weighted by atomic mass is 10.1. The van der Waals surface area contributed by atoms with Crippen molar-refractivity contribution in [2.24, 2.45) is 0 Å². The van der Waals surface area contributed by atoms with Gasteiger partial charge in [-0.1, -0.05) is 65.2 Å². The summed E-state index contributed by atoms with van der Waals surface area (Å²) >= 11 is 0. The monoisotopic (exact) mass is 378 g/mol. The molecule has 0 aliphatic heterocycles. The van der Waals surface area contributed by atoms with Crippen molar-refractivity contribution in [1.82, 2.24) is 9.97 Å². The second-order valence-electron chi connectivity index (χ2n) is 6.90. The molecule has 0 saturated heterocycles. The van der Waals surface area contributed by atoms with Crippen molar-refractivity contribution in [1.29, 1.82) is 0 Å². The van der Waals surface area contributed by atoms with E-state index in [0.717, 1.165) is 51.4 Å². The second-order valence-corrected chi connectivity index (χ2v) is 6.90. The normalized spacial score (nSPS) is 10.6. The fourth-order valence-electron chi connectivity index (χ4n) is 2.76. The minimum Gasteiger partial charge on any atom is -0.310 e. The van der Waals surface area contributed by atoms with Gasteiger partial charge in [-0.15, -0.1) is 0 Å². The van der Waals surface area contributed by atoms with Gasteiger partial charge in [0.15, 0.2) is 0 Å². The van der Waals surface area contributed by atoms with E-state index in [2.05, 4.69) is 34.4 Å². The van der Waals surface area contributed by atoms with Crippen molar-refractivity contribution in [3.8, 4) is 0 Å². The number of nitrogens with zero attached hydrogens (tertiary/aromatic N) is 1. The average molecular weight is 379 g/mol. The Kier molecular flexibility index (Phi) is 11.8. The van der Waals surface area contributed by atoms with Crippen molar-refractivity contribution >= 4 is 23.6 Å². The van der Waals surface area contributed by atoms with E-state index in [0.29, 0.717) is 12.8 Å². The molecular formula is C20H34N4O3. The lowest BCUT2D eigenvalue weighted by Gasteiger charge is -2.08. The van der Waals surface area contributed by atoms with Crippen LogP contribution in [0.2, 0.25) is 0 Å². The molecule has 0 unspecified atom stereocenters. The highest BCUT2D eigenvalue weighted by Gasteiger charge is 2.08. The lowest BCUT2D eigenvalue weighted by Crippen LogP contribution is -2.20. The van der Waals surface area contributed by atoms with Crippen LogP contribution in [0, 0.1) is 0 Å². The number of carbonyl (C=O) groups excluding carboxylic acids is 2. The SMILES string of the molecule is CCCCCCCC(=O)Nc1cc(=O)[nH]c(NC(=O)CCCCCCC)n1. The molecule has 0 bridgehead atoms. The number of anilines is 2. The van der Waals surface area contributed by atoms with E-state index >= 15 is 0 Å². The summed E-state index contributed by atoms with van der Waals surface area (Å²) in [5.41, 5.74) is -0.415. The third-order valence-corrected chi connectivity index (χ3v) is 4.28. The van der Waals surface area contributed by atoms with E-state index in [4.69, 9.17) is 0 Å². The largest absolute Gasteiger partial charge is 0.310 e.